The summed E-state index contributed by atoms with van der Waals surface area (Å²) in [6.07, 6.45) is -0.659. The SMILES string of the molecule is COc1ccc(CNC(=O)C(C)Oc2ccc(C#N)cc2)cc1OC. The van der Waals surface area contributed by atoms with Crippen LogP contribution in [-0.2, 0) is 11.3 Å². The van der Waals surface area contributed by atoms with Gasteiger partial charge in [0.25, 0.3) is 5.91 Å². The number of nitrogens with one attached hydrogen (secondary N) is 1. The number of amides is 1. The second-order valence-corrected chi connectivity index (χ2v) is 5.30. The molecular formula is C19H20N2O4. The van der Waals surface area contributed by atoms with Gasteiger partial charge in [-0.25, -0.2) is 0 Å². The van der Waals surface area contributed by atoms with Gasteiger partial charge in [0.05, 0.1) is 25.9 Å². The lowest BCUT2D eigenvalue weighted by Crippen LogP contribution is -2.35. The molecule has 1 N–H and O–H groups in total. The summed E-state index contributed by atoms with van der Waals surface area (Å²) in [5.74, 6) is 1.54. The van der Waals surface area contributed by atoms with Crippen LogP contribution in [0.15, 0.2) is 42.5 Å². The van der Waals surface area contributed by atoms with Crippen LogP contribution in [0.1, 0.15) is 18.1 Å². The fraction of sp³-hybridized carbons (Fsp3) is 0.263. The predicted octanol–water partition coefficient (Wildman–Crippen LogP) is 2.66. The van der Waals surface area contributed by atoms with E-state index in [1.165, 1.54) is 0 Å². The van der Waals surface area contributed by atoms with Crippen molar-refractivity contribution in [2.75, 3.05) is 14.2 Å². The van der Waals surface area contributed by atoms with Gasteiger partial charge in [-0.2, -0.15) is 5.26 Å². The van der Waals surface area contributed by atoms with E-state index in [9.17, 15) is 4.79 Å². The smallest absolute Gasteiger partial charge is 0.261 e. The number of ether oxygens (including phenoxy) is 3. The molecule has 0 heterocycles. The molecule has 0 saturated heterocycles. The van der Waals surface area contributed by atoms with E-state index < -0.39 is 6.10 Å². The molecule has 1 unspecified atom stereocenters. The van der Waals surface area contributed by atoms with Gasteiger partial charge in [0.2, 0.25) is 0 Å². The molecule has 130 valence electrons. The van der Waals surface area contributed by atoms with Crippen molar-refractivity contribution in [1.82, 2.24) is 5.32 Å². The number of nitriles is 1. The summed E-state index contributed by atoms with van der Waals surface area (Å²) in [5.41, 5.74) is 1.43. The maximum absolute atomic E-state index is 12.2. The second kappa shape index (κ2) is 8.60. The Hall–Kier alpha value is -3.20. The fourth-order valence-corrected chi connectivity index (χ4v) is 2.19. The molecule has 0 radical (unpaired) electrons. The lowest BCUT2D eigenvalue weighted by atomic mass is 10.2. The number of nitrogens with zero attached hydrogens (tertiary/aromatic N) is 1. The fourth-order valence-electron chi connectivity index (χ4n) is 2.19. The van der Waals surface area contributed by atoms with Gasteiger partial charge in [-0.3, -0.25) is 4.79 Å². The Morgan fingerprint density at radius 3 is 2.40 bits per heavy atom. The van der Waals surface area contributed by atoms with Crippen molar-refractivity contribution in [2.45, 2.75) is 19.6 Å². The van der Waals surface area contributed by atoms with Gasteiger partial charge in [-0.1, -0.05) is 6.07 Å². The highest BCUT2D eigenvalue weighted by atomic mass is 16.5. The van der Waals surface area contributed by atoms with Crippen LogP contribution in [0, 0.1) is 11.3 Å². The van der Waals surface area contributed by atoms with E-state index >= 15 is 0 Å². The molecule has 0 aromatic heterocycles. The summed E-state index contributed by atoms with van der Waals surface area (Å²) >= 11 is 0. The standard InChI is InChI=1S/C19H20N2O4/c1-13(25-16-7-4-14(11-20)5-8-16)19(22)21-12-15-6-9-17(23-2)18(10-15)24-3/h4-10,13H,12H2,1-3H3,(H,21,22). The molecule has 6 nitrogen and oxygen atoms in total. The van der Waals surface area contributed by atoms with Crippen LogP contribution in [0.4, 0.5) is 0 Å². The highest BCUT2D eigenvalue weighted by molar-refractivity contribution is 5.80. The van der Waals surface area contributed by atoms with Gasteiger partial charge < -0.3 is 19.5 Å². The molecule has 2 rings (SSSR count). The van der Waals surface area contributed by atoms with E-state index in [0.717, 1.165) is 5.56 Å². The number of carbonyl (C=O) groups is 1. The van der Waals surface area contributed by atoms with Crippen LogP contribution >= 0.6 is 0 Å². The lowest BCUT2D eigenvalue weighted by molar-refractivity contribution is -0.127. The van der Waals surface area contributed by atoms with E-state index in [-0.39, 0.29) is 5.91 Å². The Kier molecular flexibility index (Phi) is 6.24. The van der Waals surface area contributed by atoms with Gasteiger partial charge in [0.15, 0.2) is 17.6 Å². The topological polar surface area (TPSA) is 80.6 Å². The van der Waals surface area contributed by atoms with E-state index in [0.29, 0.717) is 29.4 Å². The maximum atomic E-state index is 12.2. The number of benzene rings is 2. The molecule has 0 fully saturated rings. The highest BCUT2D eigenvalue weighted by Gasteiger charge is 2.14. The Morgan fingerprint density at radius 1 is 1.12 bits per heavy atom. The van der Waals surface area contributed by atoms with Gasteiger partial charge >= 0.3 is 0 Å². The van der Waals surface area contributed by atoms with E-state index in [2.05, 4.69) is 5.32 Å². The Labute approximate surface area is 146 Å². The number of hydrogen-bond acceptors (Lipinski definition) is 5. The zero-order valence-electron chi connectivity index (χ0n) is 14.4. The molecule has 0 aliphatic heterocycles. The first-order chi connectivity index (χ1) is 12.1. The van der Waals surface area contributed by atoms with Crippen LogP contribution < -0.4 is 19.5 Å². The molecule has 1 amide bonds. The molecular weight excluding hydrogens is 320 g/mol. The van der Waals surface area contributed by atoms with E-state index in [1.54, 1.807) is 51.5 Å². The zero-order valence-corrected chi connectivity index (χ0v) is 14.4. The largest absolute Gasteiger partial charge is 0.493 e. The summed E-state index contributed by atoms with van der Waals surface area (Å²) in [6, 6.07) is 14.1. The molecule has 1 atom stereocenters. The van der Waals surface area contributed by atoms with Crippen molar-refractivity contribution in [3.8, 4) is 23.3 Å². The maximum Gasteiger partial charge on any atom is 0.261 e. The molecule has 0 bridgehead atoms. The molecule has 6 heteroatoms. The summed E-state index contributed by atoms with van der Waals surface area (Å²) in [5, 5.41) is 11.6. The highest BCUT2D eigenvalue weighted by Crippen LogP contribution is 2.27. The second-order valence-electron chi connectivity index (χ2n) is 5.30. The summed E-state index contributed by atoms with van der Waals surface area (Å²) in [4.78, 5) is 12.2. The quantitative estimate of drug-likeness (QED) is 0.838. The molecule has 25 heavy (non-hydrogen) atoms. The average molecular weight is 340 g/mol. The summed E-state index contributed by atoms with van der Waals surface area (Å²) in [7, 11) is 3.13. The first-order valence-corrected chi connectivity index (χ1v) is 7.72. The van der Waals surface area contributed by atoms with Crippen LogP contribution in [0.3, 0.4) is 0 Å². The molecule has 0 saturated carbocycles. The molecule has 2 aromatic rings. The number of rotatable bonds is 7. The van der Waals surface area contributed by atoms with Crippen molar-refractivity contribution >= 4 is 5.91 Å². The van der Waals surface area contributed by atoms with Crippen LogP contribution in [-0.4, -0.2) is 26.2 Å². The lowest BCUT2D eigenvalue weighted by Gasteiger charge is -2.15. The molecule has 0 spiro atoms. The third-order valence-electron chi connectivity index (χ3n) is 3.58. The van der Waals surface area contributed by atoms with E-state index in [1.807, 2.05) is 18.2 Å². The van der Waals surface area contributed by atoms with Crippen molar-refractivity contribution in [3.63, 3.8) is 0 Å². The Bertz CT molecular complexity index is 766. The minimum absolute atomic E-state index is 0.237. The van der Waals surface area contributed by atoms with Crippen LogP contribution in [0.25, 0.3) is 0 Å². The molecule has 2 aromatic carbocycles. The van der Waals surface area contributed by atoms with Crippen molar-refractivity contribution in [1.29, 1.82) is 5.26 Å². The number of carbonyl (C=O) groups excluding carboxylic acids is 1. The predicted molar refractivity (Wildman–Crippen MR) is 92.6 cm³/mol. The molecule has 0 aliphatic rings. The van der Waals surface area contributed by atoms with Crippen molar-refractivity contribution in [3.05, 3.63) is 53.6 Å². The minimum Gasteiger partial charge on any atom is -0.493 e. The first-order valence-electron chi connectivity index (χ1n) is 7.72. The van der Waals surface area contributed by atoms with E-state index in [4.69, 9.17) is 19.5 Å². The first kappa shape index (κ1) is 18.1. The van der Waals surface area contributed by atoms with Crippen LogP contribution in [0.2, 0.25) is 0 Å². The number of hydrogen-bond donors (Lipinski definition) is 1. The van der Waals surface area contributed by atoms with Crippen LogP contribution in [0.5, 0.6) is 17.2 Å². The number of methoxy groups -OCH3 is 2. The Balaban J connectivity index is 1.91. The van der Waals surface area contributed by atoms with Gasteiger partial charge in [0.1, 0.15) is 5.75 Å². The zero-order chi connectivity index (χ0) is 18.2. The van der Waals surface area contributed by atoms with Crippen molar-refractivity contribution < 1.29 is 19.0 Å². The normalized spacial score (nSPS) is 11.1. The minimum atomic E-state index is -0.659. The Morgan fingerprint density at radius 2 is 1.80 bits per heavy atom. The summed E-state index contributed by atoms with van der Waals surface area (Å²) in [6.45, 7) is 2.02. The third-order valence-corrected chi connectivity index (χ3v) is 3.58. The van der Waals surface area contributed by atoms with Gasteiger partial charge in [0, 0.05) is 6.54 Å². The van der Waals surface area contributed by atoms with Crippen molar-refractivity contribution in [2.24, 2.45) is 0 Å². The monoisotopic (exact) mass is 340 g/mol. The third kappa shape index (κ3) is 4.88. The molecule has 0 aliphatic carbocycles. The summed E-state index contributed by atoms with van der Waals surface area (Å²) < 4.78 is 16.0. The van der Waals surface area contributed by atoms with Gasteiger partial charge in [-0.15, -0.1) is 0 Å². The van der Waals surface area contributed by atoms with Gasteiger partial charge in [-0.05, 0) is 48.9 Å². The average Bonchev–Trinajstić information content (AvgIpc) is 2.66.